The predicted octanol–water partition coefficient (Wildman–Crippen LogP) is 0.668. The van der Waals surface area contributed by atoms with E-state index < -0.39 is 0 Å². The second kappa shape index (κ2) is 9.23. The Balaban J connectivity index is 1.29. The first-order valence-corrected chi connectivity index (χ1v) is 10.1. The molecule has 8 nitrogen and oxygen atoms in total. The summed E-state index contributed by atoms with van der Waals surface area (Å²) in [5, 5.41) is 14.7. The van der Waals surface area contributed by atoms with Crippen LogP contribution in [0.1, 0.15) is 12.8 Å². The fraction of sp³-hybridized carbons (Fsp3) is 0.500. The molecule has 2 fully saturated rings. The molecular formula is C20H26FN7O. The average molecular weight is 399 g/mol. The summed E-state index contributed by atoms with van der Waals surface area (Å²) in [5.41, 5.74) is 1.47. The first kappa shape index (κ1) is 19.7. The zero-order valence-electron chi connectivity index (χ0n) is 16.4. The summed E-state index contributed by atoms with van der Waals surface area (Å²) in [7, 11) is 0. The first-order valence-electron chi connectivity index (χ1n) is 10.1. The smallest absolute Gasteiger partial charge is 0.245 e. The quantitative estimate of drug-likeness (QED) is 0.764. The van der Waals surface area contributed by atoms with E-state index in [-0.39, 0.29) is 11.7 Å². The molecule has 1 amide bonds. The number of amides is 1. The molecule has 1 aromatic carbocycles. The van der Waals surface area contributed by atoms with Crippen molar-refractivity contribution in [2.75, 3.05) is 50.7 Å². The highest BCUT2D eigenvalue weighted by Gasteiger charge is 2.23. The Morgan fingerprint density at radius 1 is 1.14 bits per heavy atom. The van der Waals surface area contributed by atoms with Gasteiger partial charge in [-0.25, -0.2) is 9.37 Å². The Labute approximate surface area is 169 Å². The number of hydrogen-bond acceptors (Lipinski definition) is 7. The van der Waals surface area contributed by atoms with Crippen molar-refractivity contribution in [3.63, 3.8) is 0 Å². The van der Waals surface area contributed by atoms with Crippen LogP contribution < -0.4 is 15.5 Å². The summed E-state index contributed by atoms with van der Waals surface area (Å²) < 4.78 is 13.1. The molecule has 0 aliphatic carbocycles. The Bertz CT molecular complexity index is 818. The third kappa shape index (κ3) is 5.24. The molecular weight excluding hydrogens is 373 g/mol. The van der Waals surface area contributed by atoms with E-state index in [0.717, 1.165) is 57.7 Å². The molecule has 0 unspecified atom stereocenters. The van der Waals surface area contributed by atoms with Gasteiger partial charge in [0.15, 0.2) is 0 Å². The Kier molecular flexibility index (Phi) is 6.26. The zero-order chi connectivity index (χ0) is 20.1. The molecule has 0 saturated carbocycles. The molecule has 1 aromatic heterocycles. The second-order valence-corrected chi connectivity index (χ2v) is 7.50. The van der Waals surface area contributed by atoms with Crippen LogP contribution in [-0.2, 0) is 4.79 Å². The minimum absolute atomic E-state index is 0.0987. The van der Waals surface area contributed by atoms with Gasteiger partial charge in [0.05, 0.1) is 18.4 Å². The third-order valence-electron chi connectivity index (χ3n) is 5.41. The maximum atomic E-state index is 13.1. The van der Waals surface area contributed by atoms with Gasteiger partial charge < -0.3 is 15.5 Å². The standard InChI is InChI=1S/C20H26FN7O/c21-16-3-1-15(2-4-16)18-13-23-26-20(25-18)28-11-9-27(10-12-28)14-19(29)24-17-5-7-22-8-6-17/h1-4,13,17,22H,5-12,14H2,(H,24,29). The van der Waals surface area contributed by atoms with Gasteiger partial charge in [0, 0.05) is 37.8 Å². The lowest BCUT2D eigenvalue weighted by molar-refractivity contribution is -0.123. The van der Waals surface area contributed by atoms with E-state index in [2.05, 4.69) is 35.6 Å². The highest BCUT2D eigenvalue weighted by molar-refractivity contribution is 5.78. The van der Waals surface area contributed by atoms with Gasteiger partial charge in [-0.1, -0.05) is 0 Å². The molecule has 2 saturated heterocycles. The Morgan fingerprint density at radius 2 is 1.86 bits per heavy atom. The lowest BCUT2D eigenvalue weighted by atomic mass is 10.1. The van der Waals surface area contributed by atoms with Gasteiger partial charge in [-0.3, -0.25) is 9.69 Å². The fourth-order valence-corrected chi connectivity index (χ4v) is 3.74. The highest BCUT2D eigenvalue weighted by Crippen LogP contribution is 2.19. The molecule has 0 atom stereocenters. The van der Waals surface area contributed by atoms with Gasteiger partial charge in [-0.15, -0.1) is 5.10 Å². The molecule has 4 rings (SSSR count). The number of benzene rings is 1. The second-order valence-electron chi connectivity index (χ2n) is 7.50. The molecule has 0 bridgehead atoms. The normalized spacial score (nSPS) is 18.6. The number of nitrogens with one attached hydrogen (secondary N) is 2. The number of carbonyl (C=O) groups is 1. The number of carbonyl (C=O) groups excluding carboxylic acids is 1. The summed E-state index contributed by atoms with van der Waals surface area (Å²) in [6.45, 7) is 5.35. The molecule has 0 spiro atoms. The van der Waals surface area contributed by atoms with Crippen molar-refractivity contribution in [2.24, 2.45) is 0 Å². The van der Waals surface area contributed by atoms with Gasteiger partial charge in [0.2, 0.25) is 11.9 Å². The van der Waals surface area contributed by atoms with Gasteiger partial charge in [0.25, 0.3) is 0 Å². The summed E-state index contributed by atoms with van der Waals surface area (Å²) in [6, 6.07) is 6.47. The van der Waals surface area contributed by atoms with Gasteiger partial charge in [-0.2, -0.15) is 5.10 Å². The van der Waals surface area contributed by atoms with Crippen molar-refractivity contribution < 1.29 is 9.18 Å². The number of piperidine rings is 1. The van der Waals surface area contributed by atoms with E-state index in [9.17, 15) is 9.18 Å². The molecule has 3 heterocycles. The minimum Gasteiger partial charge on any atom is -0.352 e. The predicted molar refractivity (Wildman–Crippen MR) is 108 cm³/mol. The largest absolute Gasteiger partial charge is 0.352 e. The van der Waals surface area contributed by atoms with Crippen molar-refractivity contribution >= 4 is 11.9 Å². The molecule has 2 aliphatic rings. The van der Waals surface area contributed by atoms with Crippen LogP contribution in [0.2, 0.25) is 0 Å². The summed E-state index contributed by atoms with van der Waals surface area (Å²) in [5.74, 6) is 0.378. The van der Waals surface area contributed by atoms with E-state index in [0.29, 0.717) is 24.2 Å². The third-order valence-corrected chi connectivity index (χ3v) is 5.41. The average Bonchev–Trinajstić information content (AvgIpc) is 2.75. The van der Waals surface area contributed by atoms with E-state index in [1.807, 2.05) is 0 Å². The van der Waals surface area contributed by atoms with Crippen molar-refractivity contribution in [2.45, 2.75) is 18.9 Å². The van der Waals surface area contributed by atoms with Crippen LogP contribution in [0.15, 0.2) is 30.5 Å². The van der Waals surface area contributed by atoms with Crippen molar-refractivity contribution in [1.29, 1.82) is 0 Å². The number of hydrogen-bond donors (Lipinski definition) is 2. The monoisotopic (exact) mass is 399 g/mol. The summed E-state index contributed by atoms with van der Waals surface area (Å²) in [4.78, 5) is 21.1. The zero-order valence-corrected chi connectivity index (χ0v) is 16.4. The number of rotatable bonds is 5. The topological polar surface area (TPSA) is 86.3 Å². The maximum Gasteiger partial charge on any atom is 0.245 e. The number of piperazine rings is 1. The minimum atomic E-state index is -0.281. The molecule has 2 N–H and O–H groups in total. The van der Waals surface area contributed by atoms with Crippen molar-refractivity contribution in [3.05, 3.63) is 36.3 Å². The van der Waals surface area contributed by atoms with Crippen LogP contribution in [0, 0.1) is 5.82 Å². The lowest BCUT2D eigenvalue weighted by Gasteiger charge is -2.34. The lowest BCUT2D eigenvalue weighted by Crippen LogP contribution is -2.51. The number of aromatic nitrogens is 3. The van der Waals surface area contributed by atoms with Crippen LogP contribution in [0.4, 0.5) is 10.3 Å². The molecule has 9 heteroatoms. The Morgan fingerprint density at radius 3 is 2.59 bits per heavy atom. The van der Waals surface area contributed by atoms with E-state index in [1.165, 1.54) is 12.1 Å². The summed E-state index contributed by atoms with van der Waals surface area (Å²) >= 11 is 0. The van der Waals surface area contributed by atoms with E-state index in [4.69, 9.17) is 0 Å². The number of nitrogens with zero attached hydrogens (tertiary/aromatic N) is 5. The van der Waals surface area contributed by atoms with E-state index in [1.54, 1.807) is 18.3 Å². The van der Waals surface area contributed by atoms with E-state index >= 15 is 0 Å². The number of halogens is 1. The molecule has 2 aliphatic heterocycles. The molecule has 29 heavy (non-hydrogen) atoms. The number of anilines is 1. The van der Waals surface area contributed by atoms with Gasteiger partial charge in [-0.05, 0) is 50.2 Å². The molecule has 0 radical (unpaired) electrons. The Hall–Kier alpha value is -2.65. The summed E-state index contributed by atoms with van der Waals surface area (Å²) in [6.07, 6.45) is 3.57. The van der Waals surface area contributed by atoms with Crippen LogP contribution in [0.5, 0.6) is 0 Å². The van der Waals surface area contributed by atoms with Crippen molar-refractivity contribution in [3.8, 4) is 11.3 Å². The van der Waals surface area contributed by atoms with Crippen LogP contribution >= 0.6 is 0 Å². The fourth-order valence-electron chi connectivity index (χ4n) is 3.74. The first-order chi connectivity index (χ1) is 14.2. The highest BCUT2D eigenvalue weighted by atomic mass is 19.1. The van der Waals surface area contributed by atoms with Gasteiger partial charge in [0.1, 0.15) is 5.82 Å². The van der Waals surface area contributed by atoms with Crippen molar-refractivity contribution in [1.82, 2.24) is 30.7 Å². The van der Waals surface area contributed by atoms with Crippen LogP contribution in [0.25, 0.3) is 11.3 Å². The van der Waals surface area contributed by atoms with Crippen LogP contribution in [0.3, 0.4) is 0 Å². The van der Waals surface area contributed by atoms with Crippen LogP contribution in [-0.4, -0.2) is 77.8 Å². The maximum absolute atomic E-state index is 13.1. The SMILES string of the molecule is O=C(CN1CCN(c2nncc(-c3ccc(F)cc3)n2)CC1)NC1CCNCC1. The molecule has 154 valence electrons. The van der Waals surface area contributed by atoms with Gasteiger partial charge >= 0.3 is 0 Å². The molecule has 2 aromatic rings.